The van der Waals surface area contributed by atoms with Gasteiger partial charge in [-0.15, -0.1) is 0 Å². The summed E-state index contributed by atoms with van der Waals surface area (Å²) in [6.45, 7) is 2.79. The number of aryl methyl sites for hydroxylation is 1. The Labute approximate surface area is 224 Å². The number of aromatic nitrogens is 1. The summed E-state index contributed by atoms with van der Waals surface area (Å²) < 4.78 is 42.8. The van der Waals surface area contributed by atoms with Crippen LogP contribution in [0.1, 0.15) is 40.4 Å². The van der Waals surface area contributed by atoms with Gasteiger partial charge >= 0.3 is 6.18 Å². The quantitative estimate of drug-likeness (QED) is 0.313. The second-order valence-corrected chi connectivity index (χ2v) is 9.56. The van der Waals surface area contributed by atoms with Crippen molar-refractivity contribution >= 4 is 58.1 Å². The van der Waals surface area contributed by atoms with Crippen molar-refractivity contribution in [1.82, 2.24) is 4.98 Å². The van der Waals surface area contributed by atoms with Crippen molar-refractivity contribution in [1.29, 1.82) is 0 Å². The van der Waals surface area contributed by atoms with Crippen LogP contribution >= 0.6 is 34.8 Å². The average Bonchev–Trinajstić information content (AvgIpc) is 3.25. The third-order valence-electron chi connectivity index (χ3n) is 5.75. The molecule has 2 amide bonds. The van der Waals surface area contributed by atoms with Gasteiger partial charge in [-0.1, -0.05) is 52.1 Å². The lowest BCUT2D eigenvalue weighted by Gasteiger charge is -2.29. The van der Waals surface area contributed by atoms with Gasteiger partial charge in [-0.25, -0.2) is 9.88 Å². The number of amides is 2. The molecule has 1 aliphatic heterocycles. The highest BCUT2D eigenvalue weighted by molar-refractivity contribution is 6.34. The van der Waals surface area contributed by atoms with Gasteiger partial charge in [-0.2, -0.15) is 13.2 Å². The summed E-state index contributed by atoms with van der Waals surface area (Å²) in [5.41, 5.74) is -2.22. The van der Waals surface area contributed by atoms with Crippen molar-refractivity contribution in [2.45, 2.75) is 32.0 Å². The van der Waals surface area contributed by atoms with Crippen molar-refractivity contribution in [2.75, 3.05) is 4.90 Å². The Kier molecular flexibility index (Phi) is 7.25. The maximum absolute atomic E-state index is 14.3. The van der Waals surface area contributed by atoms with Gasteiger partial charge in [0.15, 0.2) is 0 Å². The van der Waals surface area contributed by atoms with E-state index in [0.717, 1.165) is 17.0 Å². The fourth-order valence-corrected chi connectivity index (χ4v) is 4.66. The molecule has 1 atom stereocenters. The molecule has 1 unspecified atom stereocenters. The van der Waals surface area contributed by atoms with Crippen LogP contribution in [0.2, 0.25) is 15.2 Å². The number of carbonyl (C=O) groups is 2. The Morgan fingerprint density at radius 2 is 1.70 bits per heavy atom. The van der Waals surface area contributed by atoms with Gasteiger partial charge in [0.25, 0.3) is 11.5 Å². The van der Waals surface area contributed by atoms with E-state index in [1.165, 1.54) is 43.3 Å². The Morgan fingerprint density at radius 3 is 2.27 bits per heavy atom. The standard InChI is InChI=1S/C25H17Cl3F3N3O3/c1-13-8-15(6-7-19(13)23(36)34(14(2)35)22-5-3-4-21(28)32-22)20-12-24(37-33-20,25(29,30)31)16-9-17(26)11-18(27)10-16/h3-11H,12H2,1-2H3. The number of oxime groups is 1. The number of rotatable bonds is 4. The molecule has 0 radical (unpaired) electrons. The molecule has 2 heterocycles. The zero-order valence-electron chi connectivity index (χ0n) is 19.2. The summed E-state index contributed by atoms with van der Waals surface area (Å²) in [7, 11) is 0. The van der Waals surface area contributed by atoms with Crippen LogP contribution in [-0.4, -0.2) is 28.7 Å². The van der Waals surface area contributed by atoms with Crippen molar-refractivity contribution < 1.29 is 27.6 Å². The molecule has 6 nitrogen and oxygen atoms in total. The van der Waals surface area contributed by atoms with E-state index in [-0.39, 0.29) is 37.9 Å². The second kappa shape index (κ2) is 9.96. The van der Waals surface area contributed by atoms with Gasteiger partial charge in [0.2, 0.25) is 5.91 Å². The number of halogens is 6. The Hall–Kier alpha value is -3.14. The fourth-order valence-electron chi connectivity index (χ4n) is 3.98. The first kappa shape index (κ1) is 26.9. The maximum Gasteiger partial charge on any atom is 0.435 e. The summed E-state index contributed by atoms with van der Waals surface area (Å²) in [4.78, 5) is 35.4. The number of alkyl halides is 3. The lowest BCUT2D eigenvalue weighted by Crippen LogP contribution is -2.42. The maximum atomic E-state index is 14.3. The van der Waals surface area contributed by atoms with Crippen LogP contribution in [-0.2, 0) is 15.2 Å². The summed E-state index contributed by atoms with van der Waals surface area (Å²) in [5, 5.41) is 3.87. The number of carbonyl (C=O) groups excluding carboxylic acids is 2. The first-order valence-electron chi connectivity index (χ1n) is 10.7. The van der Waals surface area contributed by atoms with E-state index in [2.05, 4.69) is 10.1 Å². The zero-order chi connectivity index (χ0) is 27.1. The van der Waals surface area contributed by atoms with Crippen LogP contribution in [0.3, 0.4) is 0 Å². The summed E-state index contributed by atoms with van der Waals surface area (Å²) in [6.07, 6.45) is -5.49. The number of anilines is 1. The molecule has 37 heavy (non-hydrogen) atoms. The molecule has 12 heteroatoms. The molecule has 1 aromatic heterocycles. The molecule has 3 aromatic rings. The number of imide groups is 1. The van der Waals surface area contributed by atoms with Crippen LogP contribution < -0.4 is 4.90 Å². The van der Waals surface area contributed by atoms with E-state index in [9.17, 15) is 22.8 Å². The molecule has 0 saturated heterocycles. The SMILES string of the molecule is CC(=O)N(C(=O)c1ccc(C2=NOC(c3cc(Cl)cc(Cl)c3)(C(F)(F)F)C2)cc1C)c1cccc(Cl)n1. The minimum Gasteiger partial charge on any atom is -0.374 e. The highest BCUT2D eigenvalue weighted by Crippen LogP contribution is 2.49. The summed E-state index contributed by atoms with van der Waals surface area (Å²) in [5.74, 6) is -1.22. The van der Waals surface area contributed by atoms with Gasteiger partial charge in [-0.05, 0) is 60.5 Å². The van der Waals surface area contributed by atoms with Gasteiger partial charge in [0.05, 0.1) is 5.71 Å². The molecule has 0 aliphatic carbocycles. The Balaban J connectivity index is 1.67. The number of hydrogen-bond donors (Lipinski definition) is 0. The summed E-state index contributed by atoms with van der Waals surface area (Å²) >= 11 is 17.8. The van der Waals surface area contributed by atoms with Crippen molar-refractivity contribution in [2.24, 2.45) is 5.16 Å². The highest BCUT2D eigenvalue weighted by Gasteiger charge is 2.62. The monoisotopic (exact) mass is 569 g/mol. The third-order valence-corrected chi connectivity index (χ3v) is 6.40. The van der Waals surface area contributed by atoms with Crippen LogP contribution in [0.5, 0.6) is 0 Å². The topological polar surface area (TPSA) is 71.9 Å². The molecule has 4 rings (SSSR count). The Morgan fingerprint density at radius 1 is 1.03 bits per heavy atom. The number of benzene rings is 2. The summed E-state index contributed by atoms with van der Waals surface area (Å²) in [6, 6.07) is 12.4. The smallest absolute Gasteiger partial charge is 0.374 e. The first-order chi connectivity index (χ1) is 17.3. The number of nitrogens with zero attached hydrogens (tertiary/aromatic N) is 3. The fraction of sp³-hybridized carbons (Fsp3) is 0.200. The van der Waals surface area contributed by atoms with Gasteiger partial charge < -0.3 is 4.84 Å². The van der Waals surface area contributed by atoms with Crippen molar-refractivity contribution in [3.05, 3.63) is 92.0 Å². The number of pyridine rings is 1. The molecule has 192 valence electrons. The molecule has 0 spiro atoms. The van der Waals surface area contributed by atoms with Crippen molar-refractivity contribution in [3.8, 4) is 0 Å². The predicted octanol–water partition coefficient (Wildman–Crippen LogP) is 7.13. The minimum absolute atomic E-state index is 0.00968. The van der Waals surface area contributed by atoms with Crippen LogP contribution in [0.25, 0.3) is 0 Å². The van der Waals surface area contributed by atoms with E-state index in [0.29, 0.717) is 11.1 Å². The van der Waals surface area contributed by atoms with E-state index in [1.54, 1.807) is 13.0 Å². The molecule has 0 bridgehead atoms. The lowest BCUT2D eigenvalue weighted by atomic mass is 9.86. The first-order valence-corrected chi connectivity index (χ1v) is 11.8. The van der Waals surface area contributed by atoms with E-state index in [4.69, 9.17) is 39.6 Å². The van der Waals surface area contributed by atoms with Crippen molar-refractivity contribution in [3.63, 3.8) is 0 Å². The lowest BCUT2D eigenvalue weighted by molar-refractivity contribution is -0.275. The van der Waals surface area contributed by atoms with Gasteiger partial charge in [0, 0.05) is 34.5 Å². The van der Waals surface area contributed by atoms with Crippen LogP contribution in [0.4, 0.5) is 19.0 Å². The second-order valence-electron chi connectivity index (χ2n) is 8.30. The molecule has 2 aromatic carbocycles. The highest BCUT2D eigenvalue weighted by atomic mass is 35.5. The van der Waals surface area contributed by atoms with E-state index >= 15 is 0 Å². The van der Waals surface area contributed by atoms with Gasteiger partial charge in [0.1, 0.15) is 11.0 Å². The molecular formula is C25H17Cl3F3N3O3. The zero-order valence-corrected chi connectivity index (χ0v) is 21.5. The molecule has 0 fully saturated rings. The molecular weight excluding hydrogens is 554 g/mol. The van der Waals surface area contributed by atoms with E-state index in [1.807, 2.05) is 0 Å². The average molecular weight is 571 g/mol. The van der Waals surface area contributed by atoms with Crippen LogP contribution in [0.15, 0.2) is 59.8 Å². The Bertz CT molecular complexity index is 1430. The van der Waals surface area contributed by atoms with E-state index < -0.39 is 30.0 Å². The normalized spacial score (nSPS) is 17.2. The molecule has 1 aliphatic rings. The van der Waals surface area contributed by atoms with Gasteiger partial charge in [-0.3, -0.25) is 9.59 Å². The predicted molar refractivity (Wildman–Crippen MR) is 134 cm³/mol. The number of hydrogen-bond acceptors (Lipinski definition) is 5. The molecule has 0 saturated carbocycles. The minimum atomic E-state index is -4.84. The largest absolute Gasteiger partial charge is 0.435 e. The molecule has 0 N–H and O–H groups in total. The third kappa shape index (κ3) is 5.16. The van der Waals surface area contributed by atoms with Crippen LogP contribution in [0, 0.1) is 6.92 Å².